The Morgan fingerprint density at radius 2 is 1.80 bits per heavy atom. The monoisotopic (exact) mass is 240 g/mol. The first-order valence-corrected chi connectivity index (χ1v) is 5.05. The second kappa shape index (κ2) is 5.62. The first-order chi connectivity index (χ1) is 6.45. The van der Waals surface area contributed by atoms with Crippen molar-refractivity contribution in [3.63, 3.8) is 0 Å². The van der Waals surface area contributed by atoms with E-state index in [4.69, 9.17) is 4.55 Å². The smallest absolute Gasteiger partial charge is 1.00 e. The van der Waals surface area contributed by atoms with Crippen LogP contribution in [0.25, 0.3) is 0 Å². The topological polar surface area (TPSA) is 80.7 Å². The predicted octanol–water partition coefficient (Wildman–Crippen LogP) is -2.16. The van der Waals surface area contributed by atoms with Crippen LogP contribution >= 0.6 is 0 Å². The van der Waals surface area contributed by atoms with Gasteiger partial charge in [-0.05, 0) is 24.3 Å². The number of ether oxygens (including phenoxy) is 1. The Labute approximate surface area is 111 Å². The minimum Gasteiger partial charge on any atom is -1.00 e. The summed E-state index contributed by atoms with van der Waals surface area (Å²) in [5.74, 6) is -0.563. The van der Waals surface area contributed by atoms with E-state index in [0.29, 0.717) is 0 Å². The van der Waals surface area contributed by atoms with E-state index in [2.05, 4.69) is 4.74 Å². The van der Waals surface area contributed by atoms with Crippen molar-refractivity contribution < 1.29 is 53.5 Å². The maximum Gasteiger partial charge on any atom is 1.00 e. The second-order valence-electron chi connectivity index (χ2n) is 2.49. The summed E-state index contributed by atoms with van der Waals surface area (Å²) in [6.07, 6.45) is 0. The van der Waals surface area contributed by atoms with Crippen molar-refractivity contribution in [3.05, 3.63) is 29.8 Å². The number of carbonyl (C=O) groups is 1. The molecule has 0 saturated heterocycles. The van der Waals surface area contributed by atoms with Crippen molar-refractivity contribution in [2.24, 2.45) is 0 Å². The number of rotatable bonds is 2. The quantitative estimate of drug-likeness (QED) is 0.362. The maximum absolute atomic E-state index is 10.9. The van der Waals surface area contributed by atoms with Crippen LogP contribution in [-0.2, 0) is 14.9 Å². The zero-order chi connectivity index (χ0) is 10.8. The fourth-order valence-corrected chi connectivity index (χ4v) is 1.36. The molecule has 0 heterocycles. The molecule has 1 N–H and O–H groups in total. The molecule has 0 spiro atoms. The molecule has 0 unspecified atom stereocenters. The third kappa shape index (κ3) is 3.92. The van der Waals surface area contributed by atoms with Crippen LogP contribution < -0.4 is 29.6 Å². The molecule has 0 bridgehead atoms. The molecule has 0 radical (unpaired) electrons. The minimum absolute atomic E-state index is 0. The van der Waals surface area contributed by atoms with Crippen LogP contribution in [0.3, 0.4) is 0 Å². The van der Waals surface area contributed by atoms with Crippen LogP contribution in [-0.4, -0.2) is 26.0 Å². The van der Waals surface area contributed by atoms with Gasteiger partial charge in [0, 0.05) is 0 Å². The van der Waals surface area contributed by atoms with E-state index in [1.54, 1.807) is 0 Å². The van der Waals surface area contributed by atoms with Gasteiger partial charge in [0.1, 0.15) is 0 Å². The number of hydrogen-bond acceptors (Lipinski definition) is 4. The third-order valence-corrected chi connectivity index (χ3v) is 2.44. The van der Waals surface area contributed by atoms with Gasteiger partial charge in [-0.15, -0.1) is 0 Å². The van der Waals surface area contributed by atoms with Gasteiger partial charge in [-0.2, -0.15) is 8.42 Å². The van der Waals surface area contributed by atoms with E-state index in [1.165, 1.54) is 19.2 Å². The third-order valence-electron chi connectivity index (χ3n) is 1.57. The molecule has 0 aliphatic rings. The zero-order valence-corrected chi connectivity index (χ0v) is 11.1. The molecule has 7 heteroatoms. The van der Waals surface area contributed by atoms with Crippen molar-refractivity contribution in [2.45, 2.75) is 4.90 Å². The molecule has 0 amide bonds. The van der Waals surface area contributed by atoms with Crippen molar-refractivity contribution in [2.75, 3.05) is 7.11 Å². The molecule has 1 rings (SSSR count). The van der Waals surface area contributed by atoms with E-state index in [0.717, 1.165) is 12.1 Å². The molecule has 0 saturated carbocycles. The van der Waals surface area contributed by atoms with Gasteiger partial charge in [-0.25, -0.2) is 4.79 Å². The number of benzene rings is 1. The van der Waals surface area contributed by atoms with Gasteiger partial charge in [0.2, 0.25) is 0 Å². The average Bonchev–Trinajstić information content (AvgIpc) is 2.15. The molecule has 0 atom stereocenters. The van der Waals surface area contributed by atoms with E-state index < -0.39 is 16.1 Å². The van der Waals surface area contributed by atoms with Gasteiger partial charge in [-0.3, -0.25) is 4.55 Å². The van der Waals surface area contributed by atoms with Gasteiger partial charge in [-0.1, -0.05) is 0 Å². The van der Waals surface area contributed by atoms with Gasteiger partial charge in [0.25, 0.3) is 10.1 Å². The second-order valence-corrected chi connectivity index (χ2v) is 3.91. The van der Waals surface area contributed by atoms with Crippen LogP contribution in [0, 0.1) is 0 Å². The first-order valence-electron chi connectivity index (χ1n) is 3.61. The molecule has 1 aromatic carbocycles. The largest absolute Gasteiger partial charge is 1.00 e. The van der Waals surface area contributed by atoms with E-state index in [-0.39, 0.29) is 41.4 Å². The Kier molecular flexibility index (Phi) is 5.47. The standard InChI is InChI=1S/C8H8O5S.Na.H/c1-13-8(9)6-2-4-7(5-3-6)14(10,11)12;;/h2-5H,1H3,(H,10,11,12);;/q;+1;-1. The van der Waals surface area contributed by atoms with Crippen molar-refractivity contribution in [1.82, 2.24) is 0 Å². The molecule has 0 aromatic heterocycles. The van der Waals surface area contributed by atoms with Crippen LogP contribution in [0.4, 0.5) is 0 Å². The molecule has 0 aliphatic heterocycles. The Morgan fingerprint density at radius 1 is 1.33 bits per heavy atom. The molecular weight excluding hydrogens is 231 g/mol. The molecular formula is C8H9NaO5S. The average molecular weight is 240 g/mol. The summed E-state index contributed by atoms with van der Waals surface area (Å²) in [4.78, 5) is 10.7. The van der Waals surface area contributed by atoms with Crippen molar-refractivity contribution in [3.8, 4) is 0 Å². The summed E-state index contributed by atoms with van der Waals surface area (Å²) in [7, 11) is -2.98. The van der Waals surface area contributed by atoms with Crippen LogP contribution in [0.2, 0.25) is 0 Å². The summed E-state index contributed by atoms with van der Waals surface area (Å²) in [6, 6.07) is 4.77. The molecule has 5 nitrogen and oxygen atoms in total. The summed E-state index contributed by atoms with van der Waals surface area (Å²) < 4.78 is 34.3. The number of carbonyl (C=O) groups excluding carboxylic acids is 1. The van der Waals surface area contributed by atoms with Crippen LogP contribution in [0.15, 0.2) is 29.2 Å². The summed E-state index contributed by atoms with van der Waals surface area (Å²) >= 11 is 0. The van der Waals surface area contributed by atoms with E-state index >= 15 is 0 Å². The normalized spacial score (nSPS) is 10.3. The Balaban J connectivity index is 0. The van der Waals surface area contributed by atoms with Crippen molar-refractivity contribution >= 4 is 16.1 Å². The molecule has 0 fully saturated rings. The number of esters is 1. The molecule has 78 valence electrons. The van der Waals surface area contributed by atoms with Crippen molar-refractivity contribution in [1.29, 1.82) is 0 Å². The Morgan fingerprint density at radius 3 is 2.13 bits per heavy atom. The SMILES string of the molecule is COC(=O)c1ccc(S(=O)(=O)O)cc1.[H-].[Na+]. The molecule has 15 heavy (non-hydrogen) atoms. The van der Waals surface area contributed by atoms with E-state index in [1.807, 2.05) is 0 Å². The Bertz CT molecular complexity index is 442. The van der Waals surface area contributed by atoms with Crippen LogP contribution in [0.5, 0.6) is 0 Å². The fraction of sp³-hybridized carbons (Fsp3) is 0.125. The van der Waals surface area contributed by atoms with Gasteiger partial charge in [0.15, 0.2) is 0 Å². The maximum atomic E-state index is 10.9. The van der Waals surface area contributed by atoms with Gasteiger partial charge < -0.3 is 6.16 Å². The number of methoxy groups -OCH3 is 1. The molecule has 0 aliphatic carbocycles. The predicted molar refractivity (Wildman–Crippen MR) is 48.7 cm³/mol. The minimum atomic E-state index is -4.20. The summed E-state index contributed by atoms with van der Waals surface area (Å²) in [5.41, 5.74) is 0.222. The Hall–Kier alpha value is -0.400. The summed E-state index contributed by atoms with van der Waals surface area (Å²) in [6.45, 7) is 0. The van der Waals surface area contributed by atoms with Gasteiger partial charge >= 0.3 is 35.5 Å². The first kappa shape index (κ1) is 14.6. The zero-order valence-electron chi connectivity index (χ0n) is 9.30. The van der Waals surface area contributed by atoms with E-state index in [9.17, 15) is 13.2 Å². The van der Waals surface area contributed by atoms with Gasteiger partial charge in [0.05, 0.1) is 17.6 Å². The fourth-order valence-electron chi connectivity index (χ4n) is 0.881. The van der Waals surface area contributed by atoms with Crippen LogP contribution in [0.1, 0.15) is 11.8 Å². The number of hydrogen-bond donors (Lipinski definition) is 1. The summed E-state index contributed by atoms with van der Waals surface area (Å²) in [5, 5.41) is 0. The molecule has 1 aromatic rings.